The summed E-state index contributed by atoms with van der Waals surface area (Å²) in [5.41, 5.74) is 1.01. The lowest BCUT2D eigenvalue weighted by atomic mass is 10.2. The van der Waals surface area contributed by atoms with Crippen molar-refractivity contribution in [2.45, 2.75) is 13.3 Å². The molecule has 25 heavy (non-hydrogen) atoms. The number of hydrogen-bond donors (Lipinski definition) is 1. The van der Waals surface area contributed by atoms with Gasteiger partial charge in [-0.3, -0.25) is 9.59 Å². The Morgan fingerprint density at radius 3 is 2.72 bits per heavy atom. The van der Waals surface area contributed by atoms with Crippen molar-refractivity contribution in [3.05, 3.63) is 58.9 Å². The number of carbonyl (C=O) groups excluding carboxylic acids is 2. The predicted octanol–water partition coefficient (Wildman–Crippen LogP) is 3.74. The van der Waals surface area contributed by atoms with Crippen LogP contribution >= 0.6 is 11.6 Å². The smallest absolute Gasteiger partial charge is 0.309 e. The van der Waals surface area contributed by atoms with Crippen LogP contribution < -0.4 is 10.1 Å². The highest BCUT2D eigenvalue weighted by molar-refractivity contribution is 6.30. The minimum Gasteiger partial charge on any atom is -0.493 e. The van der Waals surface area contributed by atoms with E-state index >= 15 is 0 Å². The van der Waals surface area contributed by atoms with Gasteiger partial charge < -0.3 is 14.8 Å². The highest BCUT2D eigenvalue weighted by Crippen LogP contribution is 2.18. The number of esters is 1. The van der Waals surface area contributed by atoms with Gasteiger partial charge in [0, 0.05) is 5.02 Å². The number of halogens is 2. The van der Waals surface area contributed by atoms with Crippen LogP contribution in [0, 0.1) is 12.7 Å². The van der Waals surface area contributed by atoms with E-state index in [9.17, 15) is 14.0 Å². The molecule has 0 radical (unpaired) electrons. The van der Waals surface area contributed by atoms with E-state index in [0.717, 1.165) is 11.6 Å². The Morgan fingerprint density at radius 1 is 1.20 bits per heavy atom. The monoisotopic (exact) mass is 365 g/mol. The average Bonchev–Trinajstić information content (AvgIpc) is 2.56. The standard InChI is InChI=1S/C18H17ClFNO4/c1-12-3-2-4-14(9-12)24-8-7-18(23)25-11-17(22)21-16-6-5-13(19)10-15(16)20/h2-6,9-10H,7-8,11H2,1H3,(H,21,22). The SMILES string of the molecule is Cc1cccc(OCCC(=O)OCC(=O)Nc2ccc(Cl)cc2F)c1. The van der Waals surface area contributed by atoms with Crippen LogP contribution in [0.5, 0.6) is 5.75 Å². The maximum absolute atomic E-state index is 13.5. The van der Waals surface area contributed by atoms with Gasteiger partial charge in [-0.1, -0.05) is 23.7 Å². The zero-order valence-corrected chi connectivity index (χ0v) is 14.3. The summed E-state index contributed by atoms with van der Waals surface area (Å²) in [6.07, 6.45) is -0.00344. The molecule has 2 aromatic carbocycles. The normalized spacial score (nSPS) is 10.2. The van der Waals surface area contributed by atoms with Crippen molar-refractivity contribution in [3.63, 3.8) is 0 Å². The van der Waals surface area contributed by atoms with E-state index < -0.39 is 24.3 Å². The number of benzene rings is 2. The minimum atomic E-state index is -0.668. The van der Waals surface area contributed by atoms with E-state index in [-0.39, 0.29) is 23.7 Å². The second kappa shape index (κ2) is 9.03. The van der Waals surface area contributed by atoms with Crippen molar-refractivity contribution in [1.29, 1.82) is 0 Å². The zero-order valence-electron chi connectivity index (χ0n) is 13.6. The maximum atomic E-state index is 13.5. The fourth-order valence-electron chi connectivity index (χ4n) is 1.95. The van der Waals surface area contributed by atoms with E-state index in [4.69, 9.17) is 21.1 Å². The molecule has 0 aliphatic rings. The van der Waals surface area contributed by atoms with Crippen LogP contribution in [0.15, 0.2) is 42.5 Å². The molecule has 5 nitrogen and oxygen atoms in total. The first-order valence-electron chi connectivity index (χ1n) is 7.54. The lowest BCUT2D eigenvalue weighted by Crippen LogP contribution is -2.22. The molecule has 7 heteroatoms. The number of ether oxygens (including phenoxy) is 2. The van der Waals surface area contributed by atoms with Gasteiger partial charge in [0.2, 0.25) is 0 Å². The number of rotatable bonds is 7. The first-order valence-corrected chi connectivity index (χ1v) is 7.92. The van der Waals surface area contributed by atoms with Crippen LogP contribution in [0.1, 0.15) is 12.0 Å². The van der Waals surface area contributed by atoms with Crippen molar-refractivity contribution < 1.29 is 23.5 Å². The molecule has 0 aliphatic heterocycles. The molecule has 0 aliphatic carbocycles. The third-order valence-electron chi connectivity index (χ3n) is 3.13. The van der Waals surface area contributed by atoms with Gasteiger partial charge in [0.05, 0.1) is 18.7 Å². The van der Waals surface area contributed by atoms with Crippen LogP contribution in [-0.4, -0.2) is 25.1 Å². The molecule has 132 valence electrons. The second-order valence-electron chi connectivity index (χ2n) is 5.25. The second-order valence-corrected chi connectivity index (χ2v) is 5.68. The summed E-state index contributed by atoms with van der Waals surface area (Å²) < 4.78 is 23.8. The molecule has 0 bridgehead atoms. The van der Waals surface area contributed by atoms with Crippen molar-refractivity contribution in [2.75, 3.05) is 18.5 Å². The van der Waals surface area contributed by atoms with E-state index in [2.05, 4.69) is 5.32 Å². The van der Waals surface area contributed by atoms with Crippen molar-refractivity contribution in [2.24, 2.45) is 0 Å². The molecule has 2 aromatic rings. The molecule has 0 atom stereocenters. The molecule has 0 saturated carbocycles. The Bertz CT molecular complexity index is 766. The van der Waals surface area contributed by atoms with Crippen molar-refractivity contribution in [1.82, 2.24) is 0 Å². The first kappa shape index (κ1) is 18.7. The molecule has 1 N–H and O–H groups in total. The van der Waals surface area contributed by atoms with Crippen molar-refractivity contribution in [3.8, 4) is 5.75 Å². The summed E-state index contributed by atoms with van der Waals surface area (Å²) >= 11 is 5.62. The van der Waals surface area contributed by atoms with E-state index in [0.29, 0.717) is 5.75 Å². The van der Waals surface area contributed by atoms with Gasteiger partial charge in [0.1, 0.15) is 11.6 Å². The van der Waals surface area contributed by atoms with Gasteiger partial charge in [-0.2, -0.15) is 0 Å². The maximum Gasteiger partial charge on any atom is 0.309 e. The molecule has 0 heterocycles. The third kappa shape index (κ3) is 6.43. The molecule has 0 spiro atoms. The van der Waals surface area contributed by atoms with Gasteiger partial charge in [-0.25, -0.2) is 4.39 Å². The lowest BCUT2D eigenvalue weighted by molar-refractivity contribution is -0.147. The first-order chi connectivity index (χ1) is 11.9. The molecule has 0 aromatic heterocycles. The largest absolute Gasteiger partial charge is 0.493 e. The van der Waals surface area contributed by atoms with Crippen molar-refractivity contribution >= 4 is 29.2 Å². The molecule has 2 rings (SSSR count). The molecule has 0 saturated heterocycles. The average molecular weight is 366 g/mol. The fraction of sp³-hybridized carbons (Fsp3) is 0.222. The topological polar surface area (TPSA) is 64.6 Å². The Kier molecular flexibility index (Phi) is 6.77. The summed E-state index contributed by atoms with van der Waals surface area (Å²) in [5.74, 6) is -1.24. The summed E-state index contributed by atoms with van der Waals surface area (Å²) in [5, 5.41) is 2.52. The highest BCUT2D eigenvalue weighted by atomic mass is 35.5. The minimum absolute atomic E-state index is 0.00344. The summed E-state index contributed by atoms with van der Waals surface area (Å²) in [7, 11) is 0. The molecule has 0 fully saturated rings. The Morgan fingerprint density at radius 2 is 2.00 bits per heavy atom. The third-order valence-corrected chi connectivity index (χ3v) is 3.37. The van der Waals surface area contributed by atoms with E-state index in [1.807, 2.05) is 25.1 Å². The van der Waals surface area contributed by atoms with Crippen LogP contribution in [0.2, 0.25) is 5.02 Å². The predicted molar refractivity (Wildman–Crippen MR) is 92.3 cm³/mol. The number of aryl methyl sites for hydroxylation is 1. The number of anilines is 1. The van der Waals surface area contributed by atoms with Crippen LogP contribution in [0.3, 0.4) is 0 Å². The number of carbonyl (C=O) groups is 2. The fourth-order valence-corrected chi connectivity index (χ4v) is 2.11. The van der Waals surface area contributed by atoms with Gasteiger partial charge in [0.15, 0.2) is 6.61 Å². The summed E-state index contributed by atoms with van der Waals surface area (Å²) in [6, 6.07) is 11.3. The Hall–Kier alpha value is -2.60. The Labute approximate surface area is 149 Å². The summed E-state index contributed by atoms with van der Waals surface area (Å²) in [6.45, 7) is 1.56. The molecule has 1 amide bonds. The van der Waals surface area contributed by atoms with Crippen LogP contribution in [-0.2, 0) is 14.3 Å². The van der Waals surface area contributed by atoms with E-state index in [1.54, 1.807) is 6.07 Å². The van der Waals surface area contributed by atoms with Gasteiger partial charge in [-0.05, 0) is 42.8 Å². The Balaban J connectivity index is 1.69. The number of amides is 1. The quantitative estimate of drug-likeness (QED) is 0.759. The lowest BCUT2D eigenvalue weighted by Gasteiger charge is -2.09. The molecular formula is C18H17ClFNO4. The zero-order chi connectivity index (χ0) is 18.2. The van der Waals surface area contributed by atoms with Gasteiger partial charge in [-0.15, -0.1) is 0 Å². The molecule has 0 unspecified atom stereocenters. The molecular weight excluding hydrogens is 349 g/mol. The summed E-state index contributed by atoms with van der Waals surface area (Å²) in [4.78, 5) is 23.3. The van der Waals surface area contributed by atoms with Gasteiger partial charge in [0.25, 0.3) is 5.91 Å². The van der Waals surface area contributed by atoms with Crippen LogP contribution in [0.4, 0.5) is 10.1 Å². The number of hydrogen-bond acceptors (Lipinski definition) is 4. The highest BCUT2D eigenvalue weighted by Gasteiger charge is 2.11. The van der Waals surface area contributed by atoms with E-state index in [1.165, 1.54) is 12.1 Å². The van der Waals surface area contributed by atoms with Crippen LogP contribution in [0.25, 0.3) is 0 Å². The number of nitrogens with one attached hydrogen (secondary N) is 1. The van der Waals surface area contributed by atoms with Gasteiger partial charge >= 0.3 is 5.97 Å².